The van der Waals surface area contributed by atoms with Gasteiger partial charge in [-0.25, -0.2) is 0 Å². The molecule has 1 fully saturated rings. The first-order valence-electron chi connectivity index (χ1n) is 16.7. The Hall–Kier alpha value is -1.75. The average molecular weight is 588 g/mol. The molecule has 3 nitrogen and oxygen atoms in total. The Bertz CT molecular complexity index is 1320. The smallest absolute Gasteiger partial charge is 0.192 e. The molecular formula is C38H57NO2Si. The normalized spacial score (nSPS) is 23.8. The molecule has 0 bridgehead atoms. The van der Waals surface area contributed by atoms with Crippen LogP contribution in [0.5, 0.6) is 0 Å². The largest absolute Gasteiger partial charge is 0.410 e. The number of aliphatic hydroxyl groups excluding tert-OH is 1. The number of aliphatic hydroxyl groups is 1. The van der Waals surface area contributed by atoms with E-state index in [9.17, 15) is 5.11 Å². The summed E-state index contributed by atoms with van der Waals surface area (Å²) in [5.41, 5.74) is 8.58. The molecule has 42 heavy (non-hydrogen) atoms. The van der Waals surface area contributed by atoms with Gasteiger partial charge in [0.15, 0.2) is 8.32 Å². The van der Waals surface area contributed by atoms with Gasteiger partial charge >= 0.3 is 0 Å². The van der Waals surface area contributed by atoms with Crippen molar-refractivity contribution in [1.29, 1.82) is 0 Å². The second-order valence-electron chi connectivity index (χ2n) is 17.0. The third-order valence-corrected chi connectivity index (χ3v) is 15.3. The summed E-state index contributed by atoms with van der Waals surface area (Å²) < 4.78 is 7.37. The molecule has 1 saturated carbocycles. The van der Waals surface area contributed by atoms with Crippen LogP contribution in [-0.2, 0) is 16.3 Å². The van der Waals surface area contributed by atoms with Crippen molar-refractivity contribution < 1.29 is 9.53 Å². The SMILES string of the molecule is CC1(C)Cc2nc(C3CCCC3)c([C@@H](O)c3cccc(C(C)(C)C)c3)c(C3C=CCC3)c2C(O[Si](C)(C)C(C)(C)C)C1. The maximum Gasteiger partial charge on any atom is 0.192 e. The van der Waals surface area contributed by atoms with Gasteiger partial charge in [-0.2, -0.15) is 0 Å². The molecule has 4 heteroatoms. The summed E-state index contributed by atoms with van der Waals surface area (Å²) in [6, 6.07) is 8.69. The van der Waals surface area contributed by atoms with E-state index in [1.165, 1.54) is 53.8 Å². The monoisotopic (exact) mass is 587 g/mol. The van der Waals surface area contributed by atoms with Crippen molar-refractivity contribution in [3.05, 3.63) is 75.6 Å². The van der Waals surface area contributed by atoms with Gasteiger partial charge in [0.1, 0.15) is 6.10 Å². The summed E-state index contributed by atoms with van der Waals surface area (Å²) in [6.07, 6.45) is 13.1. The molecule has 0 spiro atoms. The fraction of sp³-hybridized carbons (Fsp3) is 0.658. The Morgan fingerprint density at radius 3 is 2.29 bits per heavy atom. The van der Waals surface area contributed by atoms with Gasteiger partial charge in [-0.3, -0.25) is 4.98 Å². The molecule has 3 aliphatic rings. The van der Waals surface area contributed by atoms with E-state index >= 15 is 0 Å². The first-order chi connectivity index (χ1) is 19.5. The molecule has 0 aliphatic heterocycles. The summed E-state index contributed by atoms with van der Waals surface area (Å²) in [5, 5.41) is 12.6. The summed E-state index contributed by atoms with van der Waals surface area (Å²) in [4.78, 5) is 5.63. The Kier molecular flexibility index (Phi) is 8.53. The molecule has 3 atom stereocenters. The lowest BCUT2D eigenvalue weighted by Gasteiger charge is -2.45. The van der Waals surface area contributed by atoms with E-state index in [-0.39, 0.29) is 22.0 Å². The molecule has 0 amide bonds. The summed E-state index contributed by atoms with van der Waals surface area (Å²) in [7, 11) is -2.07. The summed E-state index contributed by atoms with van der Waals surface area (Å²) in [6.45, 7) is 23.3. The summed E-state index contributed by atoms with van der Waals surface area (Å²) in [5.74, 6) is 0.712. The maximum absolute atomic E-state index is 12.5. The van der Waals surface area contributed by atoms with Crippen LogP contribution in [0.3, 0.4) is 0 Å². The van der Waals surface area contributed by atoms with Gasteiger partial charge in [0, 0.05) is 28.7 Å². The summed E-state index contributed by atoms with van der Waals surface area (Å²) >= 11 is 0. The zero-order valence-electron chi connectivity index (χ0n) is 28.2. The molecular weight excluding hydrogens is 531 g/mol. The number of pyridine rings is 1. The van der Waals surface area contributed by atoms with E-state index in [4.69, 9.17) is 9.41 Å². The van der Waals surface area contributed by atoms with Crippen molar-refractivity contribution >= 4 is 8.32 Å². The van der Waals surface area contributed by atoms with Crippen molar-refractivity contribution in [2.24, 2.45) is 5.41 Å². The van der Waals surface area contributed by atoms with Crippen LogP contribution in [0.15, 0.2) is 36.4 Å². The van der Waals surface area contributed by atoms with E-state index in [0.717, 1.165) is 36.8 Å². The van der Waals surface area contributed by atoms with Crippen molar-refractivity contribution in [2.45, 2.75) is 154 Å². The standard InChI is InChI=1S/C38H57NO2Si/c1-36(2,3)28-21-15-20-27(22-28)35(40)33-31(25-16-11-12-17-25)32-29(39-34(33)26-18-13-14-19-26)23-38(7,8)24-30(32)41-42(9,10)37(4,5)6/h11,15-16,20-22,25-26,30,35,40H,12-14,17-19,23-24H2,1-10H3/t25?,30?,35-/m0/s1. The number of hydrogen-bond acceptors (Lipinski definition) is 3. The second-order valence-corrected chi connectivity index (χ2v) is 21.7. The Labute approximate surface area is 257 Å². The number of allylic oxidation sites excluding steroid dienone is 2. The lowest BCUT2D eigenvalue weighted by molar-refractivity contribution is 0.104. The zero-order chi connectivity index (χ0) is 30.7. The number of hydrogen-bond donors (Lipinski definition) is 1. The minimum atomic E-state index is -2.07. The minimum absolute atomic E-state index is 0.00521. The lowest BCUT2D eigenvalue weighted by atomic mass is 9.70. The molecule has 1 aromatic carbocycles. The van der Waals surface area contributed by atoms with Crippen LogP contribution < -0.4 is 0 Å². The number of fused-ring (bicyclic) bond motifs is 1. The average Bonchev–Trinajstić information content (AvgIpc) is 3.60. The van der Waals surface area contributed by atoms with E-state index < -0.39 is 14.4 Å². The fourth-order valence-electron chi connectivity index (χ4n) is 7.37. The molecule has 2 aromatic rings. The van der Waals surface area contributed by atoms with Gasteiger partial charge in [0.25, 0.3) is 0 Å². The highest BCUT2D eigenvalue weighted by Crippen LogP contribution is 2.53. The third kappa shape index (κ3) is 6.24. The van der Waals surface area contributed by atoms with E-state index in [1.54, 1.807) is 0 Å². The van der Waals surface area contributed by atoms with Crippen LogP contribution in [0.1, 0.15) is 164 Å². The van der Waals surface area contributed by atoms with E-state index in [1.807, 2.05) is 0 Å². The van der Waals surface area contributed by atoms with Gasteiger partial charge in [-0.1, -0.05) is 105 Å². The molecule has 230 valence electrons. The van der Waals surface area contributed by atoms with Crippen LogP contribution in [-0.4, -0.2) is 18.4 Å². The van der Waals surface area contributed by atoms with Crippen molar-refractivity contribution in [2.75, 3.05) is 0 Å². The molecule has 1 heterocycles. The van der Waals surface area contributed by atoms with Crippen molar-refractivity contribution in [1.82, 2.24) is 4.98 Å². The van der Waals surface area contributed by atoms with Crippen molar-refractivity contribution in [3.63, 3.8) is 0 Å². The predicted octanol–water partition coefficient (Wildman–Crippen LogP) is 10.6. The van der Waals surface area contributed by atoms with Gasteiger partial charge in [0.05, 0.1) is 11.8 Å². The second kappa shape index (κ2) is 11.3. The quantitative estimate of drug-likeness (QED) is 0.270. The van der Waals surface area contributed by atoms with Gasteiger partial charge in [0.2, 0.25) is 0 Å². The molecule has 0 saturated heterocycles. The van der Waals surface area contributed by atoms with Crippen LogP contribution in [0.2, 0.25) is 18.1 Å². The van der Waals surface area contributed by atoms with E-state index in [0.29, 0.717) is 11.8 Å². The maximum atomic E-state index is 12.5. The highest BCUT2D eigenvalue weighted by Gasteiger charge is 2.46. The molecule has 1 N–H and O–H groups in total. The number of benzene rings is 1. The molecule has 3 aliphatic carbocycles. The number of rotatable bonds is 6. The zero-order valence-corrected chi connectivity index (χ0v) is 29.2. The lowest BCUT2D eigenvalue weighted by Crippen LogP contribution is -2.44. The molecule has 1 aromatic heterocycles. The molecule has 5 rings (SSSR count). The van der Waals surface area contributed by atoms with Gasteiger partial charge < -0.3 is 9.53 Å². The van der Waals surface area contributed by atoms with Gasteiger partial charge in [-0.15, -0.1) is 0 Å². The first-order valence-corrected chi connectivity index (χ1v) is 19.6. The predicted molar refractivity (Wildman–Crippen MR) is 179 cm³/mol. The number of aromatic nitrogens is 1. The molecule has 2 unspecified atom stereocenters. The Balaban J connectivity index is 1.78. The van der Waals surface area contributed by atoms with Crippen LogP contribution in [0.25, 0.3) is 0 Å². The fourth-order valence-corrected chi connectivity index (χ4v) is 8.64. The molecule has 0 radical (unpaired) electrons. The van der Waals surface area contributed by atoms with E-state index in [2.05, 4.69) is 105 Å². The highest BCUT2D eigenvalue weighted by atomic mass is 28.4. The highest BCUT2D eigenvalue weighted by molar-refractivity contribution is 6.74. The van der Waals surface area contributed by atoms with Crippen LogP contribution in [0.4, 0.5) is 0 Å². The van der Waals surface area contributed by atoms with Gasteiger partial charge in [-0.05, 0) is 84.2 Å². The van der Waals surface area contributed by atoms with Crippen LogP contribution >= 0.6 is 0 Å². The third-order valence-electron chi connectivity index (χ3n) is 10.8. The minimum Gasteiger partial charge on any atom is -0.410 e. The first kappa shape index (κ1) is 31.7. The topological polar surface area (TPSA) is 42.4 Å². The van der Waals surface area contributed by atoms with Crippen LogP contribution in [0, 0.1) is 5.41 Å². The van der Waals surface area contributed by atoms with Crippen molar-refractivity contribution in [3.8, 4) is 0 Å². The Morgan fingerprint density at radius 2 is 1.69 bits per heavy atom. The Morgan fingerprint density at radius 1 is 1.00 bits per heavy atom. The number of nitrogens with zero attached hydrogens (tertiary/aromatic N) is 1.